The number of ether oxygens (including phenoxy) is 2. The van der Waals surface area contributed by atoms with Gasteiger partial charge in [-0.25, -0.2) is 0 Å². The normalized spacial score (nSPS) is 13.2. The molecule has 126 valence electrons. The van der Waals surface area contributed by atoms with E-state index in [-0.39, 0.29) is 5.91 Å². The third-order valence-corrected chi connectivity index (χ3v) is 5.28. The Hall–Kier alpha value is -1.79. The number of hydrogen-bond donors (Lipinski definition) is 0. The zero-order valence-corrected chi connectivity index (χ0v) is 15.7. The van der Waals surface area contributed by atoms with Crippen LogP contribution in [0.15, 0.2) is 40.2 Å². The molecule has 0 N–H and O–H groups in total. The van der Waals surface area contributed by atoms with E-state index in [0.29, 0.717) is 26.3 Å². The minimum atomic E-state index is -0.0173. The highest BCUT2D eigenvalue weighted by Crippen LogP contribution is 2.34. The molecule has 2 heterocycles. The first-order valence-corrected chi connectivity index (χ1v) is 9.38. The molecule has 0 saturated carbocycles. The van der Waals surface area contributed by atoms with Crippen molar-refractivity contribution in [3.8, 4) is 11.5 Å². The van der Waals surface area contributed by atoms with Gasteiger partial charge in [-0.3, -0.25) is 4.79 Å². The number of amides is 1. The average Bonchev–Trinajstić information content (AvgIpc) is 3.03. The predicted molar refractivity (Wildman–Crippen MR) is 99.6 cm³/mol. The third kappa shape index (κ3) is 3.99. The Morgan fingerprint density at radius 3 is 2.88 bits per heavy atom. The van der Waals surface area contributed by atoms with Gasteiger partial charge in [0.2, 0.25) is 5.91 Å². The van der Waals surface area contributed by atoms with Crippen molar-refractivity contribution in [2.75, 3.05) is 19.8 Å². The first-order chi connectivity index (χ1) is 11.7. The maximum absolute atomic E-state index is 12.5. The molecule has 1 amide bonds. The van der Waals surface area contributed by atoms with Gasteiger partial charge in [-0.1, -0.05) is 12.1 Å². The standard InChI is InChI=1S/C18H18BrNO3S/c1-2-20(17(21)9-7-14-6-8-16(19)24-14)12-13-4-3-5-15-18(13)23-11-10-22-15/h3-9H,2,10-12H2,1H3/b9-7+. The van der Waals surface area contributed by atoms with E-state index in [4.69, 9.17) is 9.47 Å². The van der Waals surface area contributed by atoms with Crippen LogP contribution in [-0.4, -0.2) is 30.6 Å². The van der Waals surface area contributed by atoms with Gasteiger partial charge in [0.05, 0.1) is 3.79 Å². The summed E-state index contributed by atoms with van der Waals surface area (Å²) in [5.41, 5.74) is 0.967. The second kappa shape index (κ2) is 7.85. The number of halogens is 1. The fourth-order valence-electron chi connectivity index (χ4n) is 2.49. The van der Waals surface area contributed by atoms with Crippen LogP contribution in [0.2, 0.25) is 0 Å². The Morgan fingerprint density at radius 2 is 2.12 bits per heavy atom. The van der Waals surface area contributed by atoms with E-state index >= 15 is 0 Å². The topological polar surface area (TPSA) is 38.8 Å². The molecule has 3 rings (SSSR count). The maximum atomic E-state index is 12.5. The highest BCUT2D eigenvalue weighted by Gasteiger charge is 2.18. The van der Waals surface area contributed by atoms with E-state index in [9.17, 15) is 4.79 Å². The van der Waals surface area contributed by atoms with Gasteiger partial charge >= 0.3 is 0 Å². The molecule has 0 aliphatic carbocycles. The van der Waals surface area contributed by atoms with Crippen LogP contribution in [-0.2, 0) is 11.3 Å². The lowest BCUT2D eigenvalue weighted by Crippen LogP contribution is -2.29. The largest absolute Gasteiger partial charge is 0.486 e. The van der Waals surface area contributed by atoms with Crippen LogP contribution in [0, 0.1) is 0 Å². The number of carbonyl (C=O) groups is 1. The first kappa shape index (κ1) is 17.0. The molecule has 0 atom stereocenters. The molecule has 2 aromatic rings. The number of para-hydroxylation sites is 1. The minimum absolute atomic E-state index is 0.0173. The van der Waals surface area contributed by atoms with Crippen LogP contribution >= 0.6 is 27.3 Å². The summed E-state index contributed by atoms with van der Waals surface area (Å²) in [6, 6.07) is 9.75. The van der Waals surface area contributed by atoms with E-state index in [1.807, 2.05) is 43.3 Å². The van der Waals surface area contributed by atoms with Crippen molar-refractivity contribution < 1.29 is 14.3 Å². The van der Waals surface area contributed by atoms with E-state index in [0.717, 1.165) is 25.7 Å². The van der Waals surface area contributed by atoms with Gasteiger partial charge in [0.25, 0.3) is 0 Å². The summed E-state index contributed by atoms with van der Waals surface area (Å²) >= 11 is 5.02. The lowest BCUT2D eigenvalue weighted by Gasteiger charge is -2.24. The lowest BCUT2D eigenvalue weighted by atomic mass is 10.1. The summed E-state index contributed by atoms with van der Waals surface area (Å²) < 4.78 is 12.4. The Labute approximate surface area is 153 Å². The van der Waals surface area contributed by atoms with Crippen molar-refractivity contribution in [3.05, 3.63) is 50.6 Å². The van der Waals surface area contributed by atoms with Gasteiger partial charge in [0, 0.05) is 29.6 Å². The van der Waals surface area contributed by atoms with E-state index in [2.05, 4.69) is 15.9 Å². The van der Waals surface area contributed by atoms with Gasteiger partial charge in [-0.05, 0) is 47.1 Å². The van der Waals surface area contributed by atoms with Crippen molar-refractivity contribution >= 4 is 39.2 Å². The third-order valence-electron chi connectivity index (χ3n) is 3.69. The van der Waals surface area contributed by atoms with Crippen molar-refractivity contribution in [2.45, 2.75) is 13.5 Å². The van der Waals surface area contributed by atoms with Crippen molar-refractivity contribution in [3.63, 3.8) is 0 Å². The van der Waals surface area contributed by atoms with Crippen LogP contribution in [0.4, 0.5) is 0 Å². The van der Waals surface area contributed by atoms with Crippen LogP contribution in [0.5, 0.6) is 11.5 Å². The number of thiophene rings is 1. The fourth-order valence-corrected chi connectivity index (χ4v) is 3.81. The molecule has 4 nitrogen and oxygen atoms in total. The molecule has 0 saturated heterocycles. The smallest absolute Gasteiger partial charge is 0.246 e. The predicted octanol–water partition coefficient (Wildman–Crippen LogP) is 4.34. The molecular weight excluding hydrogens is 390 g/mol. The van der Waals surface area contributed by atoms with E-state index in [1.54, 1.807) is 22.3 Å². The average molecular weight is 408 g/mol. The Morgan fingerprint density at radius 1 is 1.29 bits per heavy atom. The van der Waals surface area contributed by atoms with Gasteiger partial charge in [0.1, 0.15) is 13.2 Å². The molecule has 0 fully saturated rings. The minimum Gasteiger partial charge on any atom is -0.486 e. The monoisotopic (exact) mass is 407 g/mol. The quantitative estimate of drug-likeness (QED) is 0.691. The van der Waals surface area contributed by atoms with Crippen molar-refractivity contribution in [1.82, 2.24) is 4.90 Å². The summed E-state index contributed by atoms with van der Waals surface area (Å²) in [6.07, 6.45) is 3.47. The highest BCUT2D eigenvalue weighted by molar-refractivity contribution is 9.11. The number of hydrogen-bond acceptors (Lipinski definition) is 4. The molecule has 1 aromatic carbocycles. The zero-order valence-electron chi connectivity index (χ0n) is 13.3. The first-order valence-electron chi connectivity index (χ1n) is 7.77. The van der Waals surface area contributed by atoms with Crippen LogP contribution in [0.3, 0.4) is 0 Å². The van der Waals surface area contributed by atoms with Crippen LogP contribution in [0.25, 0.3) is 6.08 Å². The zero-order chi connectivity index (χ0) is 16.9. The molecule has 0 bridgehead atoms. The van der Waals surface area contributed by atoms with E-state index < -0.39 is 0 Å². The van der Waals surface area contributed by atoms with Crippen LogP contribution < -0.4 is 9.47 Å². The van der Waals surface area contributed by atoms with Crippen molar-refractivity contribution in [2.24, 2.45) is 0 Å². The second-order valence-corrected chi connectivity index (χ2v) is 7.76. The number of nitrogens with zero attached hydrogens (tertiary/aromatic N) is 1. The number of carbonyl (C=O) groups excluding carboxylic acids is 1. The van der Waals surface area contributed by atoms with Gasteiger partial charge in [0.15, 0.2) is 11.5 Å². The molecule has 6 heteroatoms. The molecule has 1 aromatic heterocycles. The van der Waals surface area contributed by atoms with Gasteiger partial charge in [-0.15, -0.1) is 11.3 Å². The van der Waals surface area contributed by atoms with Crippen molar-refractivity contribution in [1.29, 1.82) is 0 Å². The number of rotatable bonds is 5. The summed E-state index contributed by atoms with van der Waals surface area (Å²) in [4.78, 5) is 15.3. The van der Waals surface area contributed by atoms with Gasteiger partial charge < -0.3 is 14.4 Å². The molecule has 0 radical (unpaired) electrons. The highest BCUT2D eigenvalue weighted by atomic mass is 79.9. The Bertz CT molecular complexity index is 756. The lowest BCUT2D eigenvalue weighted by molar-refractivity contribution is -0.126. The molecule has 1 aliphatic rings. The Kier molecular flexibility index (Phi) is 5.58. The summed E-state index contributed by atoms with van der Waals surface area (Å²) in [5, 5.41) is 0. The van der Waals surface area contributed by atoms with Gasteiger partial charge in [-0.2, -0.15) is 0 Å². The van der Waals surface area contributed by atoms with Crippen LogP contribution in [0.1, 0.15) is 17.4 Å². The maximum Gasteiger partial charge on any atom is 0.246 e. The molecule has 0 spiro atoms. The molecular formula is C18H18BrNO3S. The Balaban J connectivity index is 1.72. The molecule has 0 unspecified atom stereocenters. The number of likely N-dealkylation sites (N-methyl/N-ethyl adjacent to an activating group) is 1. The molecule has 24 heavy (non-hydrogen) atoms. The fraction of sp³-hybridized carbons (Fsp3) is 0.278. The SMILES string of the molecule is CCN(Cc1cccc2c1OCCO2)C(=O)/C=C/c1ccc(Br)s1. The van der Waals surface area contributed by atoms with E-state index in [1.165, 1.54) is 0 Å². The number of fused-ring (bicyclic) bond motifs is 1. The summed E-state index contributed by atoms with van der Waals surface area (Å²) in [7, 11) is 0. The molecule has 1 aliphatic heterocycles. The second-order valence-electron chi connectivity index (χ2n) is 5.27. The summed E-state index contributed by atoms with van der Waals surface area (Å²) in [6.45, 7) is 4.20. The number of benzene rings is 1. The summed E-state index contributed by atoms with van der Waals surface area (Å²) in [5.74, 6) is 1.48.